The lowest BCUT2D eigenvalue weighted by atomic mass is 10.1. The summed E-state index contributed by atoms with van der Waals surface area (Å²) in [4.78, 5) is 0. The zero-order valence-corrected chi connectivity index (χ0v) is 10.8. The van der Waals surface area contributed by atoms with Crippen molar-refractivity contribution in [2.24, 2.45) is 0 Å². The minimum atomic E-state index is -0.150. The first-order valence-corrected chi connectivity index (χ1v) is 6.14. The molecule has 0 fully saturated rings. The molecule has 0 bridgehead atoms. The molecule has 0 aliphatic rings. The highest BCUT2D eigenvalue weighted by Crippen LogP contribution is 2.15. The Kier molecular flexibility index (Phi) is 5.26. The van der Waals surface area contributed by atoms with Crippen LogP contribution in [0.15, 0.2) is 22.7 Å². The normalized spacial score (nSPS) is 11.0. The number of nitrogens with one attached hydrogen (secondary N) is 1. The van der Waals surface area contributed by atoms with Crippen molar-refractivity contribution in [3.8, 4) is 0 Å². The van der Waals surface area contributed by atoms with E-state index in [0.29, 0.717) is 12.6 Å². The van der Waals surface area contributed by atoms with Crippen molar-refractivity contribution in [2.45, 2.75) is 39.3 Å². The molecule has 0 unspecified atom stereocenters. The molecular weight excluding hydrogens is 257 g/mol. The molecule has 1 aromatic rings. The second-order valence-corrected chi connectivity index (χ2v) is 4.55. The molecule has 1 rings (SSSR count). The average molecular weight is 274 g/mol. The Morgan fingerprint density at radius 3 is 2.53 bits per heavy atom. The highest BCUT2D eigenvalue weighted by Gasteiger charge is 2.05. The SMILES string of the molecule is CCC(CC)NCc1ccc(Br)cc1F. The minimum absolute atomic E-state index is 0.150. The maximum absolute atomic E-state index is 13.4. The summed E-state index contributed by atoms with van der Waals surface area (Å²) in [6, 6.07) is 5.67. The topological polar surface area (TPSA) is 12.0 Å². The van der Waals surface area contributed by atoms with Gasteiger partial charge < -0.3 is 5.32 Å². The van der Waals surface area contributed by atoms with Gasteiger partial charge in [-0.3, -0.25) is 0 Å². The van der Waals surface area contributed by atoms with E-state index in [0.717, 1.165) is 22.9 Å². The summed E-state index contributed by atoms with van der Waals surface area (Å²) in [6.45, 7) is 4.88. The van der Waals surface area contributed by atoms with Gasteiger partial charge in [0, 0.05) is 22.6 Å². The molecule has 1 nitrogen and oxygen atoms in total. The van der Waals surface area contributed by atoms with Crippen LogP contribution in [0.1, 0.15) is 32.3 Å². The first-order valence-electron chi connectivity index (χ1n) is 5.34. The van der Waals surface area contributed by atoms with Crippen LogP contribution in [0.4, 0.5) is 4.39 Å². The van der Waals surface area contributed by atoms with Gasteiger partial charge >= 0.3 is 0 Å². The Bertz CT molecular complexity index is 310. The van der Waals surface area contributed by atoms with Crippen LogP contribution in [0.25, 0.3) is 0 Å². The second kappa shape index (κ2) is 6.23. The van der Waals surface area contributed by atoms with Gasteiger partial charge in [-0.15, -0.1) is 0 Å². The fourth-order valence-electron chi connectivity index (χ4n) is 1.50. The Balaban J connectivity index is 2.57. The predicted octanol–water partition coefficient (Wildman–Crippen LogP) is 3.87. The molecule has 84 valence electrons. The van der Waals surface area contributed by atoms with Gasteiger partial charge in [0.2, 0.25) is 0 Å². The molecule has 0 amide bonds. The van der Waals surface area contributed by atoms with E-state index in [-0.39, 0.29) is 5.82 Å². The minimum Gasteiger partial charge on any atom is -0.310 e. The van der Waals surface area contributed by atoms with Gasteiger partial charge in [-0.05, 0) is 25.0 Å². The molecule has 0 aliphatic heterocycles. The van der Waals surface area contributed by atoms with E-state index >= 15 is 0 Å². The lowest BCUT2D eigenvalue weighted by Crippen LogP contribution is -2.27. The van der Waals surface area contributed by atoms with E-state index in [1.54, 1.807) is 0 Å². The van der Waals surface area contributed by atoms with Crippen LogP contribution in [0.3, 0.4) is 0 Å². The smallest absolute Gasteiger partial charge is 0.128 e. The van der Waals surface area contributed by atoms with E-state index < -0.39 is 0 Å². The van der Waals surface area contributed by atoms with Crippen LogP contribution in [-0.2, 0) is 6.54 Å². The lowest BCUT2D eigenvalue weighted by molar-refractivity contribution is 0.475. The van der Waals surface area contributed by atoms with Crippen LogP contribution >= 0.6 is 15.9 Å². The Morgan fingerprint density at radius 1 is 1.33 bits per heavy atom. The zero-order valence-electron chi connectivity index (χ0n) is 9.19. The van der Waals surface area contributed by atoms with E-state index in [2.05, 4.69) is 35.1 Å². The summed E-state index contributed by atoms with van der Waals surface area (Å²) < 4.78 is 14.2. The van der Waals surface area contributed by atoms with Crippen LogP contribution < -0.4 is 5.32 Å². The van der Waals surface area contributed by atoms with E-state index in [1.165, 1.54) is 6.07 Å². The van der Waals surface area contributed by atoms with Crippen molar-refractivity contribution < 1.29 is 4.39 Å². The van der Waals surface area contributed by atoms with Crippen molar-refractivity contribution >= 4 is 15.9 Å². The third kappa shape index (κ3) is 3.92. The van der Waals surface area contributed by atoms with Crippen molar-refractivity contribution in [3.63, 3.8) is 0 Å². The van der Waals surface area contributed by atoms with Gasteiger partial charge in [0.25, 0.3) is 0 Å². The summed E-state index contributed by atoms with van der Waals surface area (Å²) in [6.07, 6.45) is 2.16. The highest BCUT2D eigenvalue weighted by molar-refractivity contribution is 9.10. The molecule has 15 heavy (non-hydrogen) atoms. The first kappa shape index (κ1) is 12.7. The largest absolute Gasteiger partial charge is 0.310 e. The lowest BCUT2D eigenvalue weighted by Gasteiger charge is -2.14. The molecular formula is C12H17BrFN. The Labute approximate surface area is 99.2 Å². The van der Waals surface area contributed by atoms with Crippen molar-refractivity contribution in [3.05, 3.63) is 34.1 Å². The summed E-state index contributed by atoms with van der Waals surface area (Å²) in [5.74, 6) is -0.150. The molecule has 0 aliphatic carbocycles. The molecule has 0 spiro atoms. The predicted molar refractivity (Wildman–Crippen MR) is 65.3 cm³/mol. The summed E-state index contributed by atoms with van der Waals surface area (Å²) >= 11 is 3.24. The number of hydrogen-bond donors (Lipinski definition) is 1. The van der Waals surface area contributed by atoms with Crippen LogP contribution in [0, 0.1) is 5.82 Å². The molecule has 1 aromatic carbocycles. The van der Waals surface area contributed by atoms with Gasteiger partial charge in [0.05, 0.1) is 0 Å². The van der Waals surface area contributed by atoms with Crippen molar-refractivity contribution in [1.29, 1.82) is 0 Å². The van der Waals surface area contributed by atoms with Crippen LogP contribution in [0.2, 0.25) is 0 Å². The van der Waals surface area contributed by atoms with Gasteiger partial charge in [0.15, 0.2) is 0 Å². The van der Waals surface area contributed by atoms with Gasteiger partial charge in [-0.25, -0.2) is 4.39 Å². The standard InChI is InChI=1S/C12H17BrFN/c1-3-11(4-2)15-8-9-5-6-10(13)7-12(9)14/h5-7,11,15H,3-4,8H2,1-2H3. The second-order valence-electron chi connectivity index (χ2n) is 3.63. The molecule has 0 saturated carbocycles. The maximum Gasteiger partial charge on any atom is 0.128 e. The molecule has 0 atom stereocenters. The number of benzene rings is 1. The fourth-order valence-corrected chi connectivity index (χ4v) is 1.83. The van der Waals surface area contributed by atoms with Gasteiger partial charge in [0.1, 0.15) is 5.82 Å². The summed E-state index contributed by atoms with van der Waals surface area (Å²) in [5, 5.41) is 3.34. The van der Waals surface area contributed by atoms with E-state index in [4.69, 9.17) is 0 Å². The molecule has 0 radical (unpaired) electrons. The first-order chi connectivity index (χ1) is 7.17. The Hall–Kier alpha value is -0.410. The third-order valence-electron chi connectivity index (χ3n) is 2.58. The molecule has 3 heteroatoms. The monoisotopic (exact) mass is 273 g/mol. The fraction of sp³-hybridized carbons (Fsp3) is 0.500. The molecule has 0 saturated heterocycles. The summed E-state index contributed by atoms with van der Waals surface area (Å²) in [7, 11) is 0. The molecule has 0 heterocycles. The molecule has 0 aromatic heterocycles. The third-order valence-corrected chi connectivity index (χ3v) is 3.08. The van der Waals surface area contributed by atoms with Gasteiger partial charge in [-0.2, -0.15) is 0 Å². The molecule has 1 N–H and O–H groups in total. The number of hydrogen-bond acceptors (Lipinski definition) is 1. The highest BCUT2D eigenvalue weighted by atomic mass is 79.9. The summed E-state index contributed by atoms with van der Waals surface area (Å²) in [5.41, 5.74) is 0.727. The zero-order chi connectivity index (χ0) is 11.3. The van der Waals surface area contributed by atoms with Gasteiger partial charge in [-0.1, -0.05) is 35.8 Å². The van der Waals surface area contributed by atoms with E-state index in [1.807, 2.05) is 12.1 Å². The van der Waals surface area contributed by atoms with Crippen LogP contribution in [0.5, 0.6) is 0 Å². The number of rotatable bonds is 5. The quantitative estimate of drug-likeness (QED) is 0.859. The van der Waals surface area contributed by atoms with Crippen molar-refractivity contribution in [1.82, 2.24) is 5.32 Å². The maximum atomic E-state index is 13.4. The number of halogens is 2. The average Bonchev–Trinajstić information content (AvgIpc) is 2.22. The van der Waals surface area contributed by atoms with Crippen molar-refractivity contribution in [2.75, 3.05) is 0 Å². The van der Waals surface area contributed by atoms with Crippen LogP contribution in [-0.4, -0.2) is 6.04 Å². The van der Waals surface area contributed by atoms with E-state index in [9.17, 15) is 4.39 Å². The Morgan fingerprint density at radius 2 is 2.00 bits per heavy atom.